The maximum absolute atomic E-state index is 11.5. The van der Waals surface area contributed by atoms with E-state index in [1.54, 1.807) is 6.07 Å². The van der Waals surface area contributed by atoms with Crippen molar-refractivity contribution >= 4 is 17.4 Å². The van der Waals surface area contributed by atoms with E-state index in [9.17, 15) is 14.9 Å². The summed E-state index contributed by atoms with van der Waals surface area (Å²) >= 11 is 0. The van der Waals surface area contributed by atoms with Crippen molar-refractivity contribution in [2.45, 2.75) is 31.7 Å². The number of hydrogen-bond acceptors (Lipinski definition) is 6. The first kappa shape index (κ1) is 14.7. The van der Waals surface area contributed by atoms with Gasteiger partial charge in [0.2, 0.25) is 11.7 Å². The molecule has 1 fully saturated rings. The number of hydrogen-bond donors (Lipinski definition) is 2. The molecule has 0 aliphatic heterocycles. The molecular weight excluding hydrogens is 274 g/mol. The maximum Gasteiger partial charge on any atom is 0.328 e. The molecule has 0 spiro atoms. The second kappa shape index (κ2) is 6.65. The van der Waals surface area contributed by atoms with E-state index in [4.69, 9.17) is 5.26 Å². The molecular formula is C13H15N5O3. The molecule has 21 heavy (non-hydrogen) atoms. The molecule has 0 saturated heterocycles. The summed E-state index contributed by atoms with van der Waals surface area (Å²) in [6.07, 6.45) is 4.32. The van der Waals surface area contributed by atoms with Crippen molar-refractivity contribution in [1.29, 1.82) is 5.26 Å². The van der Waals surface area contributed by atoms with Crippen molar-refractivity contribution in [1.82, 2.24) is 10.3 Å². The number of nitro groups is 1. The molecule has 0 bridgehead atoms. The van der Waals surface area contributed by atoms with Crippen molar-refractivity contribution in [2.75, 3.05) is 11.9 Å². The van der Waals surface area contributed by atoms with Gasteiger partial charge in [0.25, 0.3) is 0 Å². The van der Waals surface area contributed by atoms with Crippen LogP contribution in [0, 0.1) is 21.4 Å². The number of aromatic nitrogens is 1. The predicted octanol–water partition coefficient (Wildman–Crippen LogP) is 1.33. The lowest BCUT2D eigenvalue weighted by molar-refractivity contribution is -0.384. The van der Waals surface area contributed by atoms with Gasteiger partial charge in [-0.3, -0.25) is 14.9 Å². The molecule has 1 aliphatic carbocycles. The second-order valence-corrected chi connectivity index (χ2v) is 4.80. The topological polar surface area (TPSA) is 121 Å². The summed E-state index contributed by atoms with van der Waals surface area (Å²) in [5.74, 6) is 0.0502. The van der Waals surface area contributed by atoms with Crippen molar-refractivity contribution in [2.24, 2.45) is 0 Å². The number of nitrogens with one attached hydrogen (secondary N) is 2. The van der Waals surface area contributed by atoms with Crippen LogP contribution in [0.1, 0.15) is 31.2 Å². The van der Waals surface area contributed by atoms with Crippen LogP contribution in [-0.2, 0) is 4.79 Å². The second-order valence-electron chi connectivity index (χ2n) is 4.80. The number of nitrogens with zero attached hydrogens (tertiary/aromatic N) is 3. The summed E-state index contributed by atoms with van der Waals surface area (Å²) in [4.78, 5) is 25.7. The lowest BCUT2D eigenvalue weighted by Crippen LogP contribution is -2.25. The molecule has 2 rings (SSSR count). The first-order valence-corrected chi connectivity index (χ1v) is 6.68. The summed E-state index contributed by atoms with van der Waals surface area (Å²) in [7, 11) is 0. The van der Waals surface area contributed by atoms with Gasteiger partial charge in [0.1, 0.15) is 11.6 Å². The summed E-state index contributed by atoms with van der Waals surface area (Å²) in [5, 5.41) is 25.5. The van der Waals surface area contributed by atoms with Gasteiger partial charge in [-0.1, -0.05) is 0 Å². The van der Waals surface area contributed by atoms with Gasteiger partial charge in [0.05, 0.1) is 4.92 Å². The van der Waals surface area contributed by atoms with Crippen molar-refractivity contribution in [3.05, 3.63) is 27.9 Å². The number of anilines is 1. The predicted molar refractivity (Wildman–Crippen MR) is 74.5 cm³/mol. The van der Waals surface area contributed by atoms with Crippen molar-refractivity contribution in [3.63, 3.8) is 0 Å². The highest BCUT2D eigenvalue weighted by Gasteiger charge is 2.23. The Bertz CT molecular complexity index is 592. The van der Waals surface area contributed by atoms with Crippen LogP contribution in [0.3, 0.4) is 0 Å². The first-order chi connectivity index (χ1) is 10.1. The van der Waals surface area contributed by atoms with Crippen LogP contribution in [0.15, 0.2) is 12.3 Å². The fourth-order valence-electron chi connectivity index (χ4n) is 1.84. The average Bonchev–Trinajstić information content (AvgIpc) is 3.26. The Labute approximate surface area is 121 Å². The molecule has 0 unspecified atom stereocenters. The summed E-state index contributed by atoms with van der Waals surface area (Å²) in [6.45, 7) is 0.376. The number of pyridine rings is 1. The van der Waals surface area contributed by atoms with Gasteiger partial charge in [-0.05, 0) is 25.3 Å². The molecule has 0 atom stereocenters. The highest BCUT2D eigenvalue weighted by atomic mass is 16.6. The number of nitriles is 1. The highest BCUT2D eigenvalue weighted by Crippen LogP contribution is 2.25. The third-order valence-corrected chi connectivity index (χ3v) is 3.04. The third kappa shape index (κ3) is 4.14. The van der Waals surface area contributed by atoms with Gasteiger partial charge in [-0.25, -0.2) is 4.98 Å². The molecule has 1 saturated carbocycles. The highest BCUT2D eigenvalue weighted by molar-refractivity contribution is 5.76. The van der Waals surface area contributed by atoms with Gasteiger partial charge in [0, 0.05) is 25.2 Å². The molecule has 0 radical (unpaired) electrons. The molecule has 8 heteroatoms. The molecule has 1 aromatic rings. The average molecular weight is 289 g/mol. The van der Waals surface area contributed by atoms with E-state index in [0.29, 0.717) is 25.4 Å². The zero-order valence-electron chi connectivity index (χ0n) is 11.3. The summed E-state index contributed by atoms with van der Waals surface area (Å²) in [6, 6.07) is 3.40. The van der Waals surface area contributed by atoms with E-state index in [0.717, 1.165) is 12.8 Å². The van der Waals surface area contributed by atoms with Crippen LogP contribution in [0.25, 0.3) is 0 Å². The van der Waals surface area contributed by atoms with Gasteiger partial charge < -0.3 is 10.6 Å². The van der Waals surface area contributed by atoms with E-state index in [1.165, 1.54) is 12.3 Å². The summed E-state index contributed by atoms with van der Waals surface area (Å²) in [5.41, 5.74) is -0.369. The molecule has 1 aromatic heterocycles. The Morgan fingerprint density at radius 3 is 2.95 bits per heavy atom. The zero-order chi connectivity index (χ0) is 15.2. The Morgan fingerprint density at radius 2 is 2.33 bits per heavy atom. The van der Waals surface area contributed by atoms with Crippen molar-refractivity contribution in [3.8, 4) is 6.07 Å². The van der Waals surface area contributed by atoms with Crippen LogP contribution < -0.4 is 10.6 Å². The monoisotopic (exact) mass is 289 g/mol. The van der Waals surface area contributed by atoms with Crippen LogP contribution in [0.5, 0.6) is 0 Å². The lowest BCUT2D eigenvalue weighted by atomic mass is 10.2. The normalized spacial score (nSPS) is 13.3. The number of amides is 1. The van der Waals surface area contributed by atoms with Crippen LogP contribution >= 0.6 is 0 Å². The smallest absolute Gasteiger partial charge is 0.328 e. The Morgan fingerprint density at radius 1 is 1.57 bits per heavy atom. The molecule has 2 N–H and O–H groups in total. The molecule has 1 aliphatic rings. The fourth-order valence-corrected chi connectivity index (χ4v) is 1.84. The molecule has 8 nitrogen and oxygen atoms in total. The minimum absolute atomic E-state index is 0.00691. The van der Waals surface area contributed by atoms with E-state index in [1.807, 2.05) is 0 Å². The Balaban J connectivity index is 1.86. The van der Waals surface area contributed by atoms with E-state index < -0.39 is 4.92 Å². The van der Waals surface area contributed by atoms with E-state index in [2.05, 4.69) is 15.6 Å². The molecule has 0 aromatic carbocycles. The molecule has 1 heterocycles. The molecule has 110 valence electrons. The number of carbonyl (C=O) groups is 1. The standard InChI is InChI=1S/C13H15N5O3/c14-8-9-5-7-16-13(12(9)18(20)21)15-6-1-2-11(19)17-10-3-4-10/h5,7,10H,1-4,6H2,(H,15,16)(H,17,19). The van der Waals surface area contributed by atoms with Crippen LogP contribution in [0.4, 0.5) is 11.5 Å². The van der Waals surface area contributed by atoms with Gasteiger partial charge >= 0.3 is 5.69 Å². The quantitative estimate of drug-likeness (QED) is 0.443. The largest absolute Gasteiger partial charge is 0.364 e. The SMILES string of the molecule is N#Cc1ccnc(NCCCC(=O)NC2CC2)c1[N+](=O)[O-]. The summed E-state index contributed by atoms with van der Waals surface area (Å²) < 4.78 is 0. The Kier molecular flexibility index (Phi) is 4.66. The minimum atomic E-state index is -0.631. The van der Waals surface area contributed by atoms with Gasteiger partial charge in [0.15, 0.2) is 0 Å². The van der Waals surface area contributed by atoms with E-state index in [-0.39, 0.29) is 23.0 Å². The fraction of sp³-hybridized carbons (Fsp3) is 0.462. The maximum atomic E-state index is 11.5. The molecule has 1 amide bonds. The number of rotatable bonds is 7. The zero-order valence-corrected chi connectivity index (χ0v) is 11.3. The van der Waals surface area contributed by atoms with Gasteiger partial charge in [-0.2, -0.15) is 5.26 Å². The third-order valence-electron chi connectivity index (χ3n) is 3.04. The van der Waals surface area contributed by atoms with E-state index >= 15 is 0 Å². The van der Waals surface area contributed by atoms with Crippen LogP contribution in [0.2, 0.25) is 0 Å². The number of carbonyl (C=O) groups excluding carboxylic acids is 1. The Hall–Kier alpha value is -2.69. The van der Waals surface area contributed by atoms with Crippen molar-refractivity contribution < 1.29 is 9.72 Å². The minimum Gasteiger partial charge on any atom is -0.364 e. The lowest BCUT2D eigenvalue weighted by Gasteiger charge is -2.07. The van der Waals surface area contributed by atoms with Gasteiger partial charge in [-0.15, -0.1) is 0 Å². The first-order valence-electron chi connectivity index (χ1n) is 6.68. The van der Waals surface area contributed by atoms with Crippen LogP contribution in [-0.4, -0.2) is 28.4 Å².